The van der Waals surface area contributed by atoms with Crippen LogP contribution in [0.1, 0.15) is 26.5 Å². The number of carbonyl (C=O) groups is 1. The van der Waals surface area contributed by atoms with Gasteiger partial charge in [0.25, 0.3) is 0 Å². The SMILES string of the molecule is Cc1cc(C(=O)CCN(CCO)CCO)c(C)s1. The molecule has 5 heteroatoms. The van der Waals surface area contributed by atoms with E-state index in [0.29, 0.717) is 26.1 Å². The maximum absolute atomic E-state index is 12.0. The fraction of sp³-hybridized carbons (Fsp3) is 0.615. The number of nitrogens with zero attached hydrogens (tertiary/aromatic N) is 1. The van der Waals surface area contributed by atoms with Crippen LogP contribution in [0.15, 0.2) is 6.07 Å². The highest BCUT2D eigenvalue weighted by Crippen LogP contribution is 2.21. The maximum Gasteiger partial charge on any atom is 0.165 e. The summed E-state index contributed by atoms with van der Waals surface area (Å²) in [4.78, 5) is 16.2. The monoisotopic (exact) mass is 271 g/mol. The van der Waals surface area contributed by atoms with Crippen molar-refractivity contribution < 1.29 is 15.0 Å². The van der Waals surface area contributed by atoms with Crippen LogP contribution in [0.3, 0.4) is 0 Å². The van der Waals surface area contributed by atoms with Crippen molar-refractivity contribution in [2.24, 2.45) is 0 Å². The smallest absolute Gasteiger partial charge is 0.165 e. The van der Waals surface area contributed by atoms with Crippen molar-refractivity contribution in [1.29, 1.82) is 0 Å². The summed E-state index contributed by atoms with van der Waals surface area (Å²) in [6.45, 7) is 5.62. The van der Waals surface area contributed by atoms with Gasteiger partial charge >= 0.3 is 0 Å². The molecule has 0 bridgehead atoms. The van der Waals surface area contributed by atoms with E-state index in [1.807, 2.05) is 24.8 Å². The zero-order valence-electron chi connectivity index (χ0n) is 11.0. The minimum absolute atomic E-state index is 0.0464. The third-order valence-corrected chi connectivity index (χ3v) is 3.79. The molecule has 0 atom stereocenters. The Bertz CT molecular complexity index is 384. The molecule has 0 aliphatic rings. The van der Waals surface area contributed by atoms with Gasteiger partial charge in [-0.3, -0.25) is 9.69 Å². The number of rotatable bonds is 8. The van der Waals surface area contributed by atoms with Crippen LogP contribution in [-0.4, -0.2) is 53.7 Å². The first-order chi connectivity index (χ1) is 8.58. The van der Waals surface area contributed by atoms with E-state index in [0.717, 1.165) is 15.3 Å². The maximum atomic E-state index is 12.0. The number of carbonyl (C=O) groups excluding carboxylic acids is 1. The lowest BCUT2D eigenvalue weighted by molar-refractivity contribution is 0.0946. The molecule has 0 radical (unpaired) electrons. The van der Waals surface area contributed by atoms with E-state index in [1.54, 1.807) is 11.3 Å². The van der Waals surface area contributed by atoms with Crippen LogP contribution in [0.5, 0.6) is 0 Å². The van der Waals surface area contributed by atoms with Crippen LogP contribution in [0, 0.1) is 13.8 Å². The number of ketones is 1. The van der Waals surface area contributed by atoms with Gasteiger partial charge in [0.2, 0.25) is 0 Å². The molecule has 0 saturated carbocycles. The molecule has 1 aromatic heterocycles. The third kappa shape index (κ3) is 4.49. The van der Waals surface area contributed by atoms with E-state index in [4.69, 9.17) is 10.2 Å². The van der Waals surface area contributed by atoms with Crippen molar-refractivity contribution in [2.45, 2.75) is 20.3 Å². The van der Waals surface area contributed by atoms with E-state index >= 15 is 0 Å². The van der Waals surface area contributed by atoms with Crippen molar-refractivity contribution >= 4 is 17.1 Å². The predicted octanol–water partition coefficient (Wildman–Crippen LogP) is 1.22. The number of aliphatic hydroxyl groups is 2. The number of thiophene rings is 1. The average Bonchev–Trinajstić information content (AvgIpc) is 2.65. The Labute approximate surface area is 112 Å². The van der Waals surface area contributed by atoms with E-state index < -0.39 is 0 Å². The van der Waals surface area contributed by atoms with Gasteiger partial charge in [0, 0.05) is 41.4 Å². The average molecular weight is 271 g/mol. The van der Waals surface area contributed by atoms with Gasteiger partial charge in [-0.2, -0.15) is 0 Å². The van der Waals surface area contributed by atoms with Gasteiger partial charge in [-0.25, -0.2) is 0 Å². The second-order valence-electron chi connectivity index (χ2n) is 4.29. The van der Waals surface area contributed by atoms with E-state index in [9.17, 15) is 4.79 Å². The molecule has 2 N–H and O–H groups in total. The number of Topliss-reactive ketones (excluding diaryl/α,β-unsaturated/α-hetero) is 1. The molecule has 0 aliphatic heterocycles. The van der Waals surface area contributed by atoms with E-state index in [-0.39, 0.29) is 19.0 Å². The topological polar surface area (TPSA) is 60.8 Å². The lowest BCUT2D eigenvalue weighted by atomic mass is 10.1. The van der Waals surface area contributed by atoms with Crippen LogP contribution in [0.2, 0.25) is 0 Å². The fourth-order valence-corrected chi connectivity index (χ4v) is 2.86. The minimum atomic E-state index is 0.0464. The van der Waals surface area contributed by atoms with Gasteiger partial charge in [0.15, 0.2) is 5.78 Å². The van der Waals surface area contributed by atoms with Gasteiger partial charge in [-0.1, -0.05) is 0 Å². The van der Waals surface area contributed by atoms with Crippen molar-refractivity contribution in [2.75, 3.05) is 32.8 Å². The van der Waals surface area contributed by atoms with Gasteiger partial charge in [-0.05, 0) is 19.9 Å². The summed E-state index contributed by atoms with van der Waals surface area (Å²) < 4.78 is 0. The zero-order chi connectivity index (χ0) is 13.5. The molecular formula is C13H21NO3S. The molecule has 0 saturated heterocycles. The predicted molar refractivity (Wildman–Crippen MR) is 73.4 cm³/mol. The van der Waals surface area contributed by atoms with Crippen LogP contribution < -0.4 is 0 Å². The van der Waals surface area contributed by atoms with Crippen molar-refractivity contribution in [3.05, 3.63) is 21.4 Å². The third-order valence-electron chi connectivity index (χ3n) is 2.83. The molecule has 0 unspecified atom stereocenters. The Morgan fingerprint density at radius 1 is 1.22 bits per heavy atom. The summed E-state index contributed by atoms with van der Waals surface area (Å²) >= 11 is 1.64. The molecule has 1 rings (SSSR count). The molecular weight excluding hydrogens is 250 g/mol. The molecule has 0 fully saturated rings. The second-order valence-corrected chi connectivity index (χ2v) is 5.75. The van der Waals surface area contributed by atoms with E-state index in [1.165, 1.54) is 0 Å². The van der Waals surface area contributed by atoms with Crippen molar-refractivity contribution in [1.82, 2.24) is 4.90 Å². The summed E-state index contributed by atoms with van der Waals surface area (Å²) in [5.74, 6) is 0.137. The van der Waals surface area contributed by atoms with Gasteiger partial charge in [0.1, 0.15) is 0 Å². The second kappa shape index (κ2) is 7.63. The van der Waals surface area contributed by atoms with Crippen LogP contribution in [0.25, 0.3) is 0 Å². The molecule has 1 heterocycles. The summed E-state index contributed by atoms with van der Waals surface area (Å²) in [7, 11) is 0. The first kappa shape index (κ1) is 15.3. The normalized spacial score (nSPS) is 11.2. The molecule has 102 valence electrons. The number of aliphatic hydroxyl groups excluding tert-OH is 2. The first-order valence-electron chi connectivity index (χ1n) is 6.12. The van der Waals surface area contributed by atoms with Gasteiger partial charge in [0.05, 0.1) is 13.2 Å². The first-order valence-corrected chi connectivity index (χ1v) is 6.94. The largest absolute Gasteiger partial charge is 0.395 e. The molecule has 0 amide bonds. The number of hydrogen-bond donors (Lipinski definition) is 2. The van der Waals surface area contributed by atoms with Crippen LogP contribution in [0.4, 0.5) is 0 Å². The lowest BCUT2D eigenvalue weighted by Crippen LogP contribution is -2.31. The minimum Gasteiger partial charge on any atom is -0.395 e. The lowest BCUT2D eigenvalue weighted by Gasteiger charge is -2.19. The standard InChI is InChI=1S/C13H21NO3S/c1-10-9-12(11(2)18-10)13(17)3-4-14(5-7-15)6-8-16/h9,15-16H,3-8H2,1-2H3. The molecule has 0 spiro atoms. The number of aryl methyl sites for hydroxylation is 2. The highest BCUT2D eigenvalue weighted by Gasteiger charge is 2.13. The van der Waals surface area contributed by atoms with Crippen LogP contribution >= 0.6 is 11.3 Å². The van der Waals surface area contributed by atoms with E-state index in [2.05, 4.69) is 0 Å². The van der Waals surface area contributed by atoms with Crippen molar-refractivity contribution in [3.63, 3.8) is 0 Å². The molecule has 0 aromatic carbocycles. The van der Waals surface area contributed by atoms with Crippen LogP contribution in [-0.2, 0) is 0 Å². The summed E-state index contributed by atoms with van der Waals surface area (Å²) in [6.07, 6.45) is 0.428. The van der Waals surface area contributed by atoms with Gasteiger partial charge in [-0.15, -0.1) is 11.3 Å². The highest BCUT2D eigenvalue weighted by molar-refractivity contribution is 7.12. The highest BCUT2D eigenvalue weighted by atomic mass is 32.1. The molecule has 0 aliphatic carbocycles. The fourth-order valence-electron chi connectivity index (χ4n) is 1.92. The van der Waals surface area contributed by atoms with Gasteiger partial charge < -0.3 is 10.2 Å². The Morgan fingerprint density at radius 3 is 2.28 bits per heavy atom. The summed E-state index contributed by atoms with van der Waals surface area (Å²) in [5.41, 5.74) is 0.811. The quantitative estimate of drug-likeness (QED) is 0.698. The Morgan fingerprint density at radius 2 is 1.83 bits per heavy atom. The zero-order valence-corrected chi connectivity index (χ0v) is 11.8. The summed E-state index contributed by atoms with van der Waals surface area (Å²) in [5, 5.41) is 17.8. The van der Waals surface area contributed by atoms with Crippen molar-refractivity contribution in [3.8, 4) is 0 Å². The molecule has 1 aromatic rings. The Balaban J connectivity index is 2.51. The Kier molecular flexibility index (Phi) is 6.49. The summed E-state index contributed by atoms with van der Waals surface area (Å²) in [6, 6.07) is 1.94. The molecule has 18 heavy (non-hydrogen) atoms. The number of hydrogen-bond acceptors (Lipinski definition) is 5. The molecule has 4 nitrogen and oxygen atoms in total. The Hall–Kier alpha value is -0.750.